The van der Waals surface area contributed by atoms with Gasteiger partial charge in [0.15, 0.2) is 5.76 Å². The van der Waals surface area contributed by atoms with Crippen molar-refractivity contribution in [2.45, 2.75) is 6.54 Å². The molecular formula is C15H14N8O3. The largest absolute Gasteiger partial charge is 0.433 e. The summed E-state index contributed by atoms with van der Waals surface area (Å²) < 4.78 is 4.94. The van der Waals surface area contributed by atoms with Crippen molar-refractivity contribution in [3.8, 4) is 0 Å². The quantitative estimate of drug-likeness (QED) is 0.328. The fourth-order valence-electron chi connectivity index (χ4n) is 1.96. The molecule has 0 aliphatic carbocycles. The van der Waals surface area contributed by atoms with Gasteiger partial charge in [0, 0.05) is 6.54 Å². The summed E-state index contributed by atoms with van der Waals surface area (Å²) >= 11 is 0. The molecule has 0 unspecified atom stereocenters. The zero-order valence-corrected chi connectivity index (χ0v) is 13.4. The second kappa shape index (κ2) is 7.70. The second-order valence-electron chi connectivity index (χ2n) is 4.98. The lowest BCUT2D eigenvalue weighted by Crippen LogP contribution is -2.09. The minimum absolute atomic E-state index is 0.0156. The first-order chi connectivity index (χ1) is 12.6. The monoisotopic (exact) mass is 354 g/mol. The van der Waals surface area contributed by atoms with E-state index in [2.05, 4.69) is 30.8 Å². The highest BCUT2D eigenvalue weighted by molar-refractivity contribution is 5.76. The smallest absolute Gasteiger partial charge is 0.400 e. The summed E-state index contributed by atoms with van der Waals surface area (Å²) in [5.74, 6) is 0.247. The number of anilines is 3. The first kappa shape index (κ1) is 16.8. The number of nitrogen functional groups attached to an aromatic ring is 1. The van der Waals surface area contributed by atoms with Gasteiger partial charge in [0.1, 0.15) is 4.92 Å². The van der Waals surface area contributed by atoms with Gasteiger partial charge in [0.05, 0.1) is 12.3 Å². The number of nitrogens with two attached hydrogens (primary N) is 1. The maximum Gasteiger partial charge on any atom is 0.433 e. The van der Waals surface area contributed by atoms with E-state index in [0.717, 1.165) is 5.56 Å². The summed E-state index contributed by atoms with van der Waals surface area (Å²) in [6.45, 7) is 0.517. The third-order valence-electron chi connectivity index (χ3n) is 3.10. The summed E-state index contributed by atoms with van der Waals surface area (Å²) in [4.78, 5) is 22.0. The van der Waals surface area contributed by atoms with E-state index in [4.69, 9.17) is 10.2 Å². The lowest BCUT2D eigenvalue weighted by molar-refractivity contribution is -0.402. The van der Waals surface area contributed by atoms with E-state index in [0.29, 0.717) is 6.54 Å². The Morgan fingerprint density at radius 3 is 2.65 bits per heavy atom. The summed E-state index contributed by atoms with van der Waals surface area (Å²) in [5, 5.41) is 17.4. The Morgan fingerprint density at radius 1 is 1.15 bits per heavy atom. The van der Waals surface area contributed by atoms with E-state index in [1.807, 2.05) is 30.3 Å². The van der Waals surface area contributed by atoms with Crippen LogP contribution in [0.5, 0.6) is 0 Å². The molecule has 0 spiro atoms. The molecule has 2 heterocycles. The average molecular weight is 354 g/mol. The number of aromatic nitrogens is 3. The van der Waals surface area contributed by atoms with E-state index >= 15 is 0 Å². The van der Waals surface area contributed by atoms with Crippen molar-refractivity contribution in [3.63, 3.8) is 0 Å². The molecule has 0 radical (unpaired) electrons. The Hall–Kier alpha value is -4.02. The van der Waals surface area contributed by atoms with Crippen molar-refractivity contribution in [3.05, 3.63) is 63.9 Å². The predicted molar refractivity (Wildman–Crippen MR) is 94.6 cm³/mol. The van der Waals surface area contributed by atoms with E-state index < -0.39 is 4.92 Å². The van der Waals surface area contributed by atoms with Gasteiger partial charge in [-0.25, -0.2) is 5.43 Å². The maximum atomic E-state index is 10.6. The van der Waals surface area contributed by atoms with Crippen LogP contribution in [0.15, 0.2) is 52.0 Å². The number of benzene rings is 1. The maximum absolute atomic E-state index is 10.6. The van der Waals surface area contributed by atoms with E-state index in [1.54, 1.807) is 0 Å². The van der Waals surface area contributed by atoms with Gasteiger partial charge in [-0.3, -0.25) is 10.1 Å². The highest BCUT2D eigenvalue weighted by atomic mass is 16.6. The zero-order valence-electron chi connectivity index (χ0n) is 13.4. The highest BCUT2D eigenvalue weighted by Gasteiger charge is 2.10. The van der Waals surface area contributed by atoms with Crippen molar-refractivity contribution in [2.24, 2.45) is 5.10 Å². The van der Waals surface area contributed by atoms with Crippen LogP contribution in [0, 0.1) is 10.1 Å². The molecule has 0 aliphatic heterocycles. The molecule has 1 aromatic carbocycles. The Labute approximate surface area is 147 Å². The number of nitro groups is 1. The topological polar surface area (TPSA) is 157 Å². The number of hydrogen-bond donors (Lipinski definition) is 3. The van der Waals surface area contributed by atoms with Gasteiger partial charge < -0.3 is 15.5 Å². The molecule has 3 aromatic rings. The number of furan rings is 1. The van der Waals surface area contributed by atoms with Gasteiger partial charge in [0.2, 0.25) is 17.8 Å². The average Bonchev–Trinajstić information content (AvgIpc) is 3.10. The van der Waals surface area contributed by atoms with Gasteiger partial charge >= 0.3 is 5.88 Å². The SMILES string of the molecule is Nc1nc(NCc2ccccc2)nc(N/N=C/c2ccc([N+](=O)[O-])o2)n1. The molecule has 11 nitrogen and oxygen atoms in total. The van der Waals surface area contributed by atoms with Crippen molar-refractivity contribution in [1.29, 1.82) is 0 Å². The summed E-state index contributed by atoms with van der Waals surface area (Å²) in [6, 6.07) is 12.4. The lowest BCUT2D eigenvalue weighted by Gasteiger charge is -2.06. The molecule has 26 heavy (non-hydrogen) atoms. The Kier molecular flexibility index (Phi) is 4.98. The van der Waals surface area contributed by atoms with Crippen LogP contribution in [0.3, 0.4) is 0 Å². The molecule has 2 aromatic heterocycles. The van der Waals surface area contributed by atoms with Crippen molar-refractivity contribution < 1.29 is 9.34 Å². The molecule has 3 rings (SSSR count). The molecule has 0 aliphatic rings. The first-order valence-corrected chi connectivity index (χ1v) is 7.43. The van der Waals surface area contributed by atoms with Crippen LogP contribution in [0.25, 0.3) is 0 Å². The van der Waals surface area contributed by atoms with Gasteiger partial charge in [-0.1, -0.05) is 30.3 Å². The molecule has 4 N–H and O–H groups in total. The van der Waals surface area contributed by atoms with E-state index in [1.165, 1.54) is 18.3 Å². The third kappa shape index (κ3) is 4.50. The van der Waals surface area contributed by atoms with E-state index in [-0.39, 0.29) is 29.5 Å². The Bertz CT molecular complexity index is 926. The molecule has 0 bridgehead atoms. The standard InChI is InChI=1S/C15H14N8O3/c16-13-19-14(17-8-10-4-2-1-3-5-10)21-15(20-13)22-18-9-11-6-7-12(26-11)23(24)25/h1-7,9H,8H2,(H4,16,17,19,20,21,22)/b18-9+. The molecule has 0 amide bonds. The van der Waals surface area contributed by atoms with Gasteiger partial charge in [-0.05, 0) is 11.6 Å². The molecule has 0 saturated carbocycles. The molecule has 0 fully saturated rings. The summed E-state index contributed by atoms with van der Waals surface area (Å²) in [7, 11) is 0. The number of nitrogens with one attached hydrogen (secondary N) is 2. The molecule has 11 heteroatoms. The van der Waals surface area contributed by atoms with Crippen LogP contribution >= 0.6 is 0 Å². The van der Waals surface area contributed by atoms with Crippen LogP contribution in [0.4, 0.5) is 23.7 Å². The second-order valence-corrected chi connectivity index (χ2v) is 4.98. The van der Waals surface area contributed by atoms with Gasteiger partial charge in [-0.15, -0.1) is 0 Å². The summed E-state index contributed by atoms with van der Waals surface area (Å²) in [6.07, 6.45) is 1.25. The third-order valence-corrected chi connectivity index (χ3v) is 3.10. The minimum Gasteiger partial charge on any atom is -0.400 e. The van der Waals surface area contributed by atoms with Crippen molar-refractivity contribution >= 4 is 29.9 Å². The number of hydrazone groups is 1. The van der Waals surface area contributed by atoms with Gasteiger partial charge in [-0.2, -0.15) is 20.1 Å². The van der Waals surface area contributed by atoms with Crippen LogP contribution in [0.2, 0.25) is 0 Å². The minimum atomic E-state index is -0.637. The van der Waals surface area contributed by atoms with Crippen LogP contribution in [-0.2, 0) is 6.54 Å². The fourth-order valence-corrected chi connectivity index (χ4v) is 1.96. The molecular weight excluding hydrogens is 340 g/mol. The zero-order chi connectivity index (χ0) is 18.4. The van der Waals surface area contributed by atoms with Crippen molar-refractivity contribution in [2.75, 3.05) is 16.5 Å². The molecule has 132 valence electrons. The number of nitrogens with zero attached hydrogens (tertiary/aromatic N) is 5. The Balaban J connectivity index is 1.63. The summed E-state index contributed by atoms with van der Waals surface area (Å²) in [5.41, 5.74) is 9.28. The van der Waals surface area contributed by atoms with Crippen LogP contribution in [0.1, 0.15) is 11.3 Å². The van der Waals surface area contributed by atoms with E-state index in [9.17, 15) is 10.1 Å². The normalized spacial score (nSPS) is 10.8. The Morgan fingerprint density at radius 2 is 1.92 bits per heavy atom. The predicted octanol–water partition coefficient (Wildman–Crippen LogP) is 2.01. The van der Waals surface area contributed by atoms with Crippen molar-refractivity contribution in [1.82, 2.24) is 15.0 Å². The number of hydrogen-bond acceptors (Lipinski definition) is 10. The van der Waals surface area contributed by atoms with Gasteiger partial charge in [0.25, 0.3) is 0 Å². The fraction of sp³-hybridized carbons (Fsp3) is 0.0667. The van der Waals surface area contributed by atoms with Crippen LogP contribution in [-0.4, -0.2) is 26.1 Å². The molecule has 0 saturated heterocycles. The lowest BCUT2D eigenvalue weighted by atomic mass is 10.2. The van der Waals surface area contributed by atoms with Crippen LogP contribution < -0.4 is 16.5 Å². The first-order valence-electron chi connectivity index (χ1n) is 7.43. The molecule has 0 atom stereocenters. The highest BCUT2D eigenvalue weighted by Crippen LogP contribution is 2.14. The number of rotatable bonds is 7.